The number of benzene rings is 2. The molecular formula is C35H54N8O6. The van der Waals surface area contributed by atoms with Crippen molar-refractivity contribution in [2.75, 3.05) is 54.4 Å². The molecule has 4 amide bonds. The third-order valence-corrected chi connectivity index (χ3v) is 8.67. The van der Waals surface area contributed by atoms with E-state index >= 15 is 0 Å². The largest absolute Gasteiger partial charge is 0.508 e. The summed E-state index contributed by atoms with van der Waals surface area (Å²) in [5.74, 6) is -1.80. The highest BCUT2D eigenvalue weighted by atomic mass is 16.3. The average Bonchev–Trinajstić information content (AvgIpc) is 3.08. The lowest BCUT2D eigenvalue weighted by Gasteiger charge is -2.26. The van der Waals surface area contributed by atoms with Gasteiger partial charge in [0.1, 0.15) is 17.8 Å². The molecule has 10 N–H and O–H groups in total. The van der Waals surface area contributed by atoms with Crippen LogP contribution in [0.25, 0.3) is 11.1 Å². The van der Waals surface area contributed by atoms with Gasteiger partial charge in [0.2, 0.25) is 23.6 Å². The van der Waals surface area contributed by atoms with Gasteiger partial charge in [0.15, 0.2) is 0 Å². The zero-order chi connectivity index (χ0) is 35.8. The molecule has 0 unspecified atom stereocenters. The van der Waals surface area contributed by atoms with Gasteiger partial charge in [0.25, 0.3) is 0 Å². The third-order valence-electron chi connectivity index (χ3n) is 8.67. The van der Waals surface area contributed by atoms with Gasteiger partial charge in [0, 0.05) is 51.4 Å². The van der Waals surface area contributed by atoms with Crippen molar-refractivity contribution < 1.29 is 29.4 Å². The molecule has 5 atom stereocenters. The number of hydrogen-bond donors (Lipinski definition) is 10. The lowest BCUT2D eigenvalue weighted by molar-refractivity contribution is -0.133. The zero-order valence-electron chi connectivity index (χ0n) is 29.0. The minimum absolute atomic E-state index is 0.0350. The Kier molecular flexibility index (Phi) is 16.4. The highest BCUT2D eigenvalue weighted by Crippen LogP contribution is 2.28. The van der Waals surface area contributed by atoms with Crippen LogP contribution in [0.1, 0.15) is 36.8 Å². The molecule has 4 bridgehead atoms. The fraction of sp³-hybridized carbons (Fsp3) is 0.543. The molecule has 270 valence electrons. The van der Waals surface area contributed by atoms with Gasteiger partial charge in [0.05, 0.1) is 12.1 Å². The van der Waals surface area contributed by atoms with Crippen molar-refractivity contribution in [2.45, 2.75) is 68.8 Å². The second kappa shape index (κ2) is 20.4. The number of nitrogens with one attached hydrogen (secondary N) is 8. The lowest BCUT2D eigenvalue weighted by Crippen LogP contribution is -2.57. The Labute approximate surface area is 289 Å². The van der Waals surface area contributed by atoms with Crippen molar-refractivity contribution >= 4 is 23.6 Å². The number of fused-ring (bicyclic) bond motifs is 5. The molecule has 0 spiro atoms. The molecule has 14 nitrogen and oxygen atoms in total. The summed E-state index contributed by atoms with van der Waals surface area (Å²) in [6.07, 6.45) is 1.10. The first kappa shape index (κ1) is 39.4. The predicted molar refractivity (Wildman–Crippen MR) is 189 cm³/mol. The Morgan fingerprint density at radius 1 is 0.898 bits per heavy atom. The second-order valence-corrected chi connectivity index (χ2v) is 12.4. The van der Waals surface area contributed by atoms with Crippen molar-refractivity contribution in [1.82, 2.24) is 42.5 Å². The summed E-state index contributed by atoms with van der Waals surface area (Å²) in [6.45, 7) is 1.59. The number of carbonyl (C=O) groups excluding carboxylic acids is 4. The zero-order valence-corrected chi connectivity index (χ0v) is 29.0. The summed E-state index contributed by atoms with van der Waals surface area (Å²) < 4.78 is 0. The number of carbonyl (C=O) groups is 4. The van der Waals surface area contributed by atoms with Gasteiger partial charge in [-0.2, -0.15) is 0 Å². The number of aromatic hydroxyl groups is 1. The van der Waals surface area contributed by atoms with Crippen LogP contribution in [0.2, 0.25) is 0 Å². The minimum Gasteiger partial charge on any atom is -0.508 e. The molecule has 1 heterocycles. The van der Waals surface area contributed by atoms with Crippen LogP contribution in [0.15, 0.2) is 42.5 Å². The highest BCUT2D eigenvalue weighted by Gasteiger charge is 2.31. The van der Waals surface area contributed by atoms with Crippen molar-refractivity contribution in [1.29, 1.82) is 0 Å². The van der Waals surface area contributed by atoms with E-state index in [0.717, 1.165) is 36.1 Å². The van der Waals surface area contributed by atoms with E-state index < -0.39 is 42.0 Å². The summed E-state index contributed by atoms with van der Waals surface area (Å²) in [4.78, 5) is 53.4. The summed E-state index contributed by atoms with van der Waals surface area (Å²) in [5.41, 5.74) is 2.95. The van der Waals surface area contributed by atoms with Crippen LogP contribution in [0.4, 0.5) is 0 Å². The van der Waals surface area contributed by atoms with Crippen LogP contribution >= 0.6 is 0 Å². The van der Waals surface area contributed by atoms with Gasteiger partial charge in [-0.1, -0.05) is 30.3 Å². The van der Waals surface area contributed by atoms with Gasteiger partial charge in [-0.05, 0) is 82.0 Å². The van der Waals surface area contributed by atoms with Crippen molar-refractivity contribution in [3.8, 4) is 16.9 Å². The van der Waals surface area contributed by atoms with Gasteiger partial charge in [-0.15, -0.1) is 0 Å². The first-order chi connectivity index (χ1) is 23.6. The van der Waals surface area contributed by atoms with Crippen LogP contribution in [-0.4, -0.2) is 118 Å². The molecule has 2 aromatic carbocycles. The first-order valence-electron chi connectivity index (χ1n) is 17.0. The van der Waals surface area contributed by atoms with Gasteiger partial charge in [-0.25, -0.2) is 0 Å². The molecule has 0 radical (unpaired) electrons. The molecule has 1 aliphatic heterocycles. The average molecular weight is 683 g/mol. The standard InChI is InChI=1S/C35H54N8O6/c1-36-13-6-9-26(38-3)20-41-32(46)12-14-40-33(47)29-16-22-7-5-8-23(15-22)24-10-11-31(45)25(17-24)18-28(39-4)34(48)43-30(35(49)42-29)19-27(44)21-37-2/h5,7-8,10-11,15,17,26-30,36-39,44-45H,6,9,12-14,16,18-21H2,1-4H3,(H,40,47)(H,41,46)(H,42,49)(H,43,48)/t26-,27+,28-,29-,30-/m0/s1. The van der Waals surface area contributed by atoms with Crippen LogP contribution in [0.3, 0.4) is 0 Å². The molecule has 0 fully saturated rings. The molecule has 14 heteroatoms. The Balaban J connectivity index is 1.84. The number of aliphatic hydroxyl groups is 1. The Bertz CT molecular complexity index is 1390. The number of phenols is 1. The quantitative estimate of drug-likeness (QED) is 0.0968. The van der Waals surface area contributed by atoms with Crippen molar-refractivity contribution in [3.05, 3.63) is 53.6 Å². The molecular weight excluding hydrogens is 628 g/mol. The molecule has 2 aromatic rings. The minimum atomic E-state index is -1.17. The summed E-state index contributed by atoms with van der Waals surface area (Å²) in [6, 6.07) is 9.81. The van der Waals surface area contributed by atoms with Gasteiger partial charge in [-0.3, -0.25) is 19.2 Å². The molecule has 0 saturated heterocycles. The maximum absolute atomic E-state index is 13.8. The first-order valence-corrected chi connectivity index (χ1v) is 17.0. The van der Waals surface area contributed by atoms with Crippen molar-refractivity contribution in [2.24, 2.45) is 0 Å². The number of likely N-dealkylation sites (N-methyl/N-ethyl adjacent to an activating group) is 3. The van der Waals surface area contributed by atoms with E-state index in [1.165, 1.54) is 0 Å². The second-order valence-electron chi connectivity index (χ2n) is 12.4. The maximum Gasteiger partial charge on any atom is 0.243 e. The lowest BCUT2D eigenvalue weighted by atomic mass is 9.96. The SMILES string of the molecule is CNCCC[C@@H](CNC(=O)CCNC(=O)[C@@H]1Cc2cccc(c2)-c2ccc(O)c(c2)C[C@H](NC)C(=O)N[C@@H](C[C@@H](O)CNC)C(=O)N1)NC. The van der Waals surface area contributed by atoms with E-state index in [9.17, 15) is 29.4 Å². The highest BCUT2D eigenvalue weighted by molar-refractivity contribution is 5.93. The Morgan fingerprint density at radius 3 is 2.39 bits per heavy atom. The smallest absolute Gasteiger partial charge is 0.243 e. The summed E-state index contributed by atoms with van der Waals surface area (Å²) in [7, 11) is 7.02. The topological polar surface area (TPSA) is 205 Å². The van der Waals surface area contributed by atoms with Gasteiger partial charge < -0.3 is 52.7 Å². The van der Waals surface area contributed by atoms with Crippen molar-refractivity contribution in [3.63, 3.8) is 0 Å². The van der Waals surface area contributed by atoms with Gasteiger partial charge >= 0.3 is 0 Å². The fourth-order valence-corrected chi connectivity index (χ4v) is 5.79. The molecule has 3 rings (SSSR count). The third kappa shape index (κ3) is 12.7. The molecule has 0 aromatic heterocycles. The molecule has 1 aliphatic rings. The maximum atomic E-state index is 13.8. The number of hydrogen-bond acceptors (Lipinski definition) is 10. The van der Waals surface area contributed by atoms with E-state index in [0.29, 0.717) is 12.1 Å². The van der Waals surface area contributed by atoms with Crippen LogP contribution in [-0.2, 0) is 32.0 Å². The predicted octanol–water partition coefficient (Wildman–Crippen LogP) is -1.10. The Hall–Kier alpha value is -4.08. The number of aliphatic hydroxyl groups excluding tert-OH is 1. The number of phenolic OH excluding ortho intramolecular Hbond substituents is 1. The van der Waals surface area contributed by atoms with E-state index in [-0.39, 0.29) is 56.5 Å². The van der Waals surface area contributed by atoms with E-state index in [4.69, 9.17) is 0 Å². The summed E-state index contributed by atoms with van der Waals surface area (Å²) in [5, 5.41) is 44.6. The van der Waals surface area contributed by atoms with E-state index in [1.54, 1.807) is 26.2 Å². The number of amides is 4. The van der Waals surface area contributed by atoms with Crippen LogP contribution in [0, 0.1) is 0 Å². The van der Waals surface area contributed by atoms with Crippen LogP contribution in [0.5, 0.6) is 5.75 Å². The normalized spacial score (nSPS) is 19.4. The monoisotopic (exact) mass is 682 g/mol. The Morgan fingerprint density at radius 2 is 1.67 bits per heavy atom. The van der Waals surface area contributed by atoms with E-state index in [1.807, 2.05) is 44.4 Å². The molecule has 49 heavy (non-hydrogen) atoms. The van der Waals surface area contributed by atoms with E-state index in [2.05, 4.69) is 42.5 Å². The fourth-order valence-electron chi connectivity index (χ4n) is 5.79. The summed E-state index contributed by atoms with van der Waals surface area (Å²) >= 11 is 0. The number of rotatable bonds is 16. The molecule has 0 aliphatic carbocycles. The van der Waals surface area contributed by atoms with Crippen LogP contribution < -0.4 is 42.5 Å². The molecule has 0 saturated carbocycles.